The number of piperidine rings is 1. The third-order valence-electron chi connectivity index (χ3n) is 3.05. The molecule has 5 heteroatoms. The van der Waals surface area contributed by atoms with Gasteiger partial charge in [0.05, 0.1) is 0 Å². The third-order valence-corrected chi connectivity index (χ3v) is 3.78. The summed E-state index contributed by atoms with van der Waals surface area (Å²) in [5.74, 6) is 0.826. The Hall–Kier alpha value is -0.680. The third kappa shape index (κ3) is 3.15. The first kappa shape index (κ1) is 11.8. The quantitative estimate of drug-likeness (QED) is 0.870. The van der Waals surface area contributed by atoms with E-state index in [-0.39, 0.29) is 0 Å². The summed E-state index contributed by atoms with van der Waals surface area (Å²) in [6.45, 7) is 7.81. The summed E-state index contributed by atoms with van der Waals surface area (Å²) in [4.78, 5) is 6.61. The standard InChI is InChI=1S/C11H20N4S/c1-9(2)12-7-10-3-5-15(6-4-10)11-13-8-14-16-11/h8-10,12H,3-7H2,1-2H3. The molecule has 0 radical (unpaired) electrons. The maximum atomic E-state index is 4.26. The van der Waals surface area contributed by atoms with Crippen LogP contribution in [0.15, 0.2) is 6.33 Å². The smallest absolute Gasteiger partial charge is 0.204 e. The molecule has 1 aromatic heterocycles. The van der Waals surface area contributed by atoms with E-state index in [1.165, 1.54) is 24.4 Å². The van der Waals surface area contributed by atoms with E-state index < -0.39 is 0 Å². The van der Waals surface area contributed by atoms with Gasteiger partial charge in [-0.15, -0.1) is 0 Å². The van der Waals surface area contributed by atoms with Crippen molar-refractivity contribution in [3.05, 3.63) is 6.33 Å². The van der Waals surface area contributed by atoms with Crippen molar-refractivity contribution in [2.45, 2.75) is 32.7 Å². The molecule has 1 saturated heterocycles. The summed E-state index contributed by atoms with van der Waals surface area (Å²) in [5, 5.41) is 4.60. The molecular weight excluding hydrogens is 220 g/mol. The lowest BCUT2D eigenvalue weighted by Crippen LogP contribution is -2.38. The average Bonchev–Trinajstić information content (AvgIpc) is 2.80. The van der Waals surface area contributed by atoms with Gasteiger partial charge in [-0.05, 0) is 25.3 Å². The lowest BCUT2D eigenvalue weighted by atomic mass is 9.97. The van der Waals surface area contributed by atoms with Crippen LogP contribution in [-0.2, 0) is 0 Å². The number of rotatable bonds is 4. The Labute approximate surface area is 101 Å². The average molecular weight is 240 g/mol. The number of hydrogen-bond donors (Lipinski definition) is 1. The van der Waals surface area contributed by atoms with Crippen molar-refractivity contribution in [1.29, 1.82) is 0 Å². The topological polar surface area (TPSA) is 41.0 Å². The predicted molar refractivity (Wildman–Crippen MR) is 68.0 cm³/mol. The number of anilines is 1. The molecule has 0 unspecified atom stereocenters. The Morgan fingerprint density at radius 2 is 2.25 bits per heavy atom. The van der Waals surface area contributed by atoms with Crippen LogP contribution in [0.5, 0.6) is 0 Å². The van der Waals surface area contributed by atoms with E-state index in [0.717, 1.165) is 30.7 Å². The summed E-state index contributed by atoms with van der Waals surface area (Å²) in [5.41, 5.74) is 0. The van der Waals surface area contributed by atoms with E-state index in [2.05, 4.69) is 33.4 Å². The Kier molecular flexibility index (Phi) is 4.12. The lowest BCUT2D eigenvalue weighted by Gasteiger charge is -2.31. The van der Waals surface area contributed by atoms with Crippen LogP contribution in [-0.4, -0.2) is 35.0 Å². The normalized spacial score (nSPS) is 18.3. The minimum absolute atomic E-state index is 0.598. The van der Waals surface area contributed by atoms with Gasteiger partial charge in [-0.3, -0.25) is 0 Å². The SMILES string of the molecule is CC(C)NCC1CCN(c2ncns2)CC1. The van der Waals surface area contributed by atoms with Crippen molar-refractivity contribution in [3.8, 4) is 0 Å². The fourth-order valence-electron chi connectivity index (χ4n) is 2.04. The maximum Gasteiger partial charge on any atom is 0.204 e. The Bertz CT molecular complexity index is 291. The molecule has 0 aromatic carbocycles. The highest BCUT2D eigenvalue weighted by Crippen LogP contribution is 2.23. The van der Waals surface area contributed by atoms with Crippen LogP contribution in [0.1, 0.15) is 26.7 Å². The van der Waals surface area contributed by atoms with E-state index in [9.17, 15) is 0 Å². The van der Waals surface area contributed by atoms with Gasteiger partial charge < -0.3 is 10.2 Å². The van der Waals surface area contributed by atoms with Gasteiger partial charge >= 0.3 is 0 Å². The molecule has 0 bridgehead atoms. The van der Waals surface area contributed by atoms with Crippen LogP contribution in [0.3, 0.4) is 0 Å². The van der Waals surface area contributed by atoms with Gasteiger partial charge in [0.15, 0.2) is 0 Å². The lowest BCUT2D eigenvalue weighted by molar-refractivity contribution is 0.370. The van der Waals surface area contributed by atoms with Gasteiger partial charge in [-0.1, -0.05) is 13.8 Å². The van der Waals surface area contributed by atoms with Gasteiger partial charge in [-0.25, -0.2) is 4.98 Å². The van der Waals surface area contributed by atoms with Crippen molar-refractivity contribution >= 4 is 16.7 Å². The summed E-state index contributed by atoms with van der Waals surface area (Å²) in [6.07, 6.45) is 4.17. The molecule has 0 spiro atoms. The Morgan fingerprint density at radius 3 is 2.81 bits per heavy atom. The molecule has 1 aliphatic heterocycles. The van der Waals surface area contributed by atoms with Gasteiger partial charge in [0.1, 0.15) is 6.33 Å². The molecule has 0 aliphatic carbocycles. The van der Waals surface area contributed by atoms with Gasteiger partial charge in [-0.2, -0.15) is 4.37 Å². The monoisotopic (exact) mass is 240 g/mol. The summed E-state index contributed by atoms with van der Waals surface area (Å²) in [7, 11) is 0. The molecule has 2 heterocycles. The second-order valence-electron chi connectivity index (χ2n) is 4.72. The largest absolute Gasteiger partial charge is 0.347 e. The fraction of sp³-hybridized carbons (Fsp3) is 0.818. The minimum atomic E-state index is 0.598. The zero-order valence-corrected chi connectivity index (χ0v) is 10.8. The van der Waals surface area contributed by atoms with Crippen molar-refractivity contribution in [1.82, 2.24) is 14.7 Å². The zero-order valence-electron chi connectivity index (χ0n) is 10.0. The molecule has 2 rings (SSSR count). The molecule has 0 saturated carbocycles. The second-order valence-corrected chi connectivity index (χ2v) is 5.48. The predicted octanol–water partition coefficient (Wildman–Crippen LogP) is 1.75. The number of aromatic nitrogens is 2. The Morgan fingerprint density at radius 1 is 1.50 bits per heavy atom. The first-order chi connectivity index (χ1) is 7.75. The van der Waals surface area contributed by atoms with E-state index in [1.807, 2.05) is 0 Å². The second kappa shape index (κ2) is 5.59. The van der Waals surface area contributed by atoms with E-state index in [4.69, 9.17) is 0 Å². The summed E-state index contributed by atoms with van der Waals surface area (Å²) in [6, 6.07) is 0.598. The van der Waals surface area contributed by atoms with Gasteiger partial charge in [0.25, 0.3) is 0 Å². The van der Waals surface area contributed by atoms with Crippen LogP contribution in [0.2, 0.25) is 0 Å². The molecule has 16 heavy (non-hydrogen) atoms. The highest BCUT2D eigenvalue weighted by atomic mass is 32.1. The maximum absolute atomic E-state index is 4.26. The highest BCUT2D eigenvalue weighted by molar-refractivity contribution is 7.09. The Balaban J connectivity index is 1.74. The van der Waals surface area contributed by atoms with Crippen molar-refractivity contribution < 1.29 is 0 Å². The van der Waals surface area contributed by atoms with Crippen molar-refractivity contribution in [2.24, 2.45) is 5.92 Å². The van der Waals surface area contributed by atoms with Crippen LogP contribution in [0, 0.1) is 5.92 Å². The van der Waals surface area contributed by atoms with E-state index >= 15 is 0 Å². The molecular formula is C11H20N4S. The molecule has 90 valence electrons. The summed E-state index contributed by atoms with van der Waals surface area (Å²) >= 11 is 1.50. The van der Waals surface area contributed by atoms with E-state index in [1.54, 1.807) is 6.33 Å². The van der Waals surface area contributed by atoms with Crippen LogP contribution >= 0.6 is 11.5 Å². The molecule has 1 aromatic rings. The van der Waals surface area contributed by atoms with Gasteiger partial charge in [0.2, 0.25) is 5.13 Å². The number of hydrogen-bond acceptors (Lipinski definition) is 5. The molecule has 1 aliphatic rings. The zero-order chi connectivity index (χ0) is 11.4. The van der Waals surface area contributed by atoms with Crippen LogP contribution in [0.25, 0.3) is 0 Å². The van der Waals surface area contributed by atoms with E-state index in [0.29, 0.717) is 6.04 Å². The molecule has 0 amide bonds. The molecule has 1 fully saturated rings. The first-order valence-electron chi connectivity index (χ1n) is 6.00. The summed E-state index contributed by atoms with van der Waals surface area (Å²) < 4.78 is 4.05. The highest BCUT2D eigenvalue weighted by Gasteiger charge is 2.20. The van der Waals surface area contributed by atoms with Crippen LogP contribution in [0.4, 0.5) is 5.13 Å². The van der Waals surface area contributed by atoms with Crippen molar-refractivity contribution in [2.75, 3.05) is 24.5 Å². The fourth-order valence-corrected chi connectivity index (χ4v) is 2.62. The van der Waals surface area contributed by atoms with Crippen molar-refractivity contribution in [3.63, 3.8) is 0 Å². The molecule has 0 atom stereocenters. The minimum Gasteiger partial charge on any atom is -0.347 e. The molecule has 4 nitrogen and oxygen atoms in total. The van der Waals surface area contributed by atoms with Gasteiger partial charge in [0, 0.05) is 30.7 Å². The number of nitrogens with one attached hydrogen (secondary N) is 1. The van der Waals surface area contributed by atoms with Crippen LogP contribution < -0.4 is 10.2 Å². The first-order valence-corrected chi connectivity index (χ1v) is 6.78. The number of nitrogens with zero attached hydrogens (tertiary/aromatic N) is 3. The molecule has 1 N–H and O–H groups in total.